The molecule has 0 bridgehead atoms. The van der Waals surface area contributed by atoms with Crippen molar-refractivity contribution in [2.24, 2.45) is 0 Å². The van der Waals surface area contributed by atoms with Crippen LogP contribution in [0.25, 0.3) is 0 Å². The van der Waals surface area contributed by atoms with E-state index >= 15 is 0 Å². The topological polar surface area (TPSA) is 97.6 Å². The van der Waals surface area contributed by atoms with Crippen molar-refractivity contribution in [1.82, 2.24) is 0 Å². The molecule has 7 nitrogen and oxygen atoms in total. The lowest BCUT2D eigenvalue weighted by Gasteiger charge is -2.22. The lowest BCUT2D eigenvalue weighted by Crippen LogP contribution is -2.34. The molecule has 0 radical (unpaired) electrons. The Hall–Kier alpha value is -2.52. The summed E-state index contributed by atoms with van der Waals surface area (Å²) in [7, 11) is -4.47. The highest BCUT2D eigenvalue weighted by molar-refractivity contribution is 7.93. The molecule has 0 unspecified atom stereocenters. The first-order chi connectivity index (χ1) is 11.2. The minimum absolute atomic E-state index is 0.0523. The summed E-state index contributed by atoms with van der Waals surface area (Å²) in [5.41, 5.74) is -0.699. The van der Waals surface area contributed by atoms with Gasteiger partial charge in [-0.25, -0.2) is 12.8 Å². The monoisotopic (exact) mass is 372 g/mol. The molecular formula is C14H10ClFN2O5S. The van der Waals surface area contributed by atoms with E-state index in [2.05, 4.69) is 0 Å². The van der Waals surface area contributed by atoms with E-state index in [1.54, 1.807) is 0 Å². The first-order valence-corrected chi connectivity index (χ1v) is 8.25. The van der Waals surface area contributed by atoms with Gasteiger partial charge in [-0.3, -0.25) is 19.2 Å². The number of rotatable bonds is 6. The molecule has 2 aromatic rings. The van der Waals surface area contributed by atoms with Crippen LogP contribution in [0.5, 0.6) is 0 Å². The number of benzene rings is 2. The van der Waals surface area contributed by atoms with Crippen LogP contribution in [-0.4, -0.2) is 25.1 Å². The van der Waals surface area contributed by atoms with E-state index in [-0.39, 0.29) is 5.69 Å². The Morgan fingerprint density at radius 1 is 1.17 bits per heavy atom. The van der Waals surface area contributed by atoms with Gasteiger partial charge in [0, 0.05) is 6.07 Å². The number of anilines is 1. The van der Waals surface area contributed by atoms with Crippen molar-refractivity contribution in [2.45, 2.75) is 4.90 Å². The summed E-state index contributed by atoms with van der Waals surface area (Å²) in [6, 6.07) is 8.94. The van der Waals surface area contributed by atoms with Crippen molar-refractivity contribution in [1.29, 1.82) is 0 Å². The minimum Gasteiger partial charge on any atom is -0.279 e. The molecule has 126 valence electrons. The van der Waals surface area contributed by atoms with E-state index in [1.165, 1.54) is 12.1 Å². The highest BCUT2D eigenvalue weighted by Gasteiger charge is 2.32. The third-order valence-electron chi connectivity index (χ3n) is 3.01. The minimum atomic E-state index is -4.47. The molecule has 0 N–H and O–H groups in total. The molecule has 24 heavy (non-hydrogen) atoms. The van der Waals surface area contributed by atoms with Crippen molar-refractivity contribution < 1.29 is 22.5 Å². The number of nitro benzene ring substituents is 1. The van der Waals surface area contributed by atoms with Crippen molar-refractivity contribution in [3.8, 4) is 0 Å². The highest BCUT2D eigenvalue weighted by Crippen LogP contribution is 2.29. The molecule has 0 heterocycles. The van der Waals surface area contributed by atoms with Gasteiger partial charge in [0.05, 0.1) is 10.6 Å². The molecule has 0 atom stereocenters. The van der Waals surface area contributed by atoms with Crippen LogP contribution >= 0.6 is 11.6 Å². The second-order valence-electron chi connectivity index (χ2n) is 4.57. The Kier molecular flexibility index (Phi) is 5.15. The molecule has 0 aliphatic carbocycles. The Balaban J connectivity index is 2.62. The van der Waals surface area contributed by atoms with Crippen LogP contribution in [-0.2, 0) is 14.8 Å². The third kappa shape index (κ3) is 3.69. The van der Waals surface area contributed by atoms with Crippen LogP contribution in [0.4, 0.5) is 15.8 Å². The van der Waals surface area contributed by atoms with Gasteiger partial charge in [-0.05, 0) is 41.9 Å². The average molecular weight is 373 g/mol. The summed E-state index contributed by atoms with van der Waals surface area (Å²) >= 11 is 5.30. The van der Waals surface area contributed by atoms with Gasteiger partial charge in [-0.15, -0.1) is 0 Å². The predicted octanol–water partition coefficient (Wildman–Crippen LogP) is 2.69. The average Bonchev–Trinajstić information content (AvgIpc) is 2.53. The fourth-order valence-electron chi connectivity index (χ4n) is 1.98. The number of carbonyl (C=O) groups is 1. The van der Waals surface area contributed by atoms with Crippen LogP contribution in [0.3, 0.4) is 0 Å². The third-order valence-corrected chi connectivity index (χ3v) is 4.95. The van der Waals surface area contributed by atoms with Crippen molar-refractivity contribution in [3.63, 3.8) is 0 Å². The quantitative estimate of drug-likeness (QED) is 0.441. The van der Waals surface area contributed by atoms with Crippen LogP contribution in [0.1, 0.15) is 0 Å². The van der Waals surface area contributed by atoms with Crippen molar-refractivity contribution >= 4 is 38.2 Å². The van der Waals surface area contributed by atoms with E-state index in [0.29, 0.717) is 4.31 Å². The fourth-order valence-corrected chi connectivity index (χ4v) is 3.75. The summed E-state index contributed by atoms with van der Waals surface area (Å²) < 4.78 is 39.2. The molecule has 2 aromatic carbocycles. The van der Waals surface area contributed by atoms with Gasteiger partial charge in [0.25, 0.3) is 15.7 Å². The summed E-state index contributed by atoms with van der Waals surface area (Å²) in [6.07, 6.45) is 0. The molecule has 0 amide bonds. The predicted molar refractivity (Wildman–Crippen MR) is 84.9 cm³/mol. The lowest BCUT2D eigenvalue weighted by molar-refractivity contribution is -0.387. The maximum atomic E-state index is 13.1. The highest BCUT2D eigenvalue weighted by atomic mass is 35.5. The molecule has 0 saturated heterocycles. The maximum Gasteiger partial charge on any atom is 0.289 e. The van der Waals surface area contributed by atoms with Gasteiger partial charge in [0.15, 0.2) is 4.90 Å². The fraction of sp³-hybridized carbons (Fsp3) is 0.0714. The SMILES string of the molecule is O=C(Cl)CN(c1ccc(F)cc1)S(=O)(=O)c1ccccc1[N+](=O)[O-]. The Morgan fingerprint density at radius 3 is 2.29 bits per heavy atom. The van der Waals surface area contributed by atoms with Gasteiger partial charge in [-0.1, -0.05) is 12.1 Å². The molecule has 10 heteroatoms. The standard InChI is InChI=1S/C14H10ClFN2O5S/c15-14(19)9-17(11-7-5-10(16)6-8-11)24(22,23)13-4-2-1-3-12(13)18(20)21/h1-8H,9H2. The number of carbonyl (C=O) groups excluding carboxylic acids is 1. The Bertz CT molecular complexity index is 886. The molecule has 0 aromatic heterocycles. The second-order valence-corrected chi connectivity index (χ2v) is 6.82. The molecule has 2 rings (SSSR count). The van der Waals surface area contributed by atoms with E-state index < -0.39 is 43.1 Å². The van der Waals surface area contributed by atoms with Crippen LogP contribution in [0.15, 0.2) is 53.4 Å². The number of hydrogen-bond acceptors (Lipinski definition) is 5. The molecular weight excluding hydrogens is 363 g/mol. The first-order valence-electron chi connectivity index (χ1n) is 6.43. The van der Waals surface area contributed by atoms with Gasteiger partial charge in [-0.2, -0.15) is 0 Å². The summed E-state index contributed by atoms with van der Waals surface area (Å²) in [6.45, 7) is -0.762. The normalized spacial score (nSPS) is 11.1. The second kappa shape index (κ2) is 6.93. The smallest absolute Gasteiger partial charge is 0.279 e. The number of hydrogen-bond donors (Lipinski definition) is 0. The van der Waals surface area contributed by atoms with E-state index in [4.69, 9.17) is 11.6 Å². The Morgan fingerprint density at radius 2 is 1.75 bits per heavy atom. The first kappa shape index (κ1) is 17.8. The summed E-state index contributed by atoms with van der Waals surface area (Å²) in [4.78, 5) is 20.9. The van der Waals surface area contributed by atoms with Crippen molar-refractivity contribution in [2.75, 3.05) is 10.8 Å². The van der Waals surface area contributed by atoms with Crippen LogP contribution in [0.2, 0.25) is 0 Å². The van der Waals surface area contributed by atoms with E-state index in [1.807, 2.05) is 0 Å². The van der Waals surface area contributed by atoms with E-state index in [0.717, 1.165) is 36.4 Å². The molecule has 0 spiro atoms. The van der Waals surface area contributed by atoms with Crippen LogP contribution < -0.4 is 4.31 Å². The molecule has 0 saturated carbocycles. The zero-order valence-corrected chi connectivity index (χ0v) is 13.5. The Labute approximate surface area is 141 Å². The summed E-state index contributed by atoms with van der Waals surface area (Å²) in [5.74, 6) is -0.612. The van der Waals surface area contributed by atoms with Gasteiger partial charge >= 0.3 is 0 Å². The number of para-hydroxylation sites is 1. The van der Waals surface area contributed by atoms with Crippen molar-refractivity contribution in [3.05, 3.63) is 64.5 Å². The number of nitro groups is 1. The zero-order chi connectivity index (χ0) is 17.9. The van der Waals surface area contributed by atoms with Gasteiger partial charge in [0.2, 0.25) is 5.24 Å². The molecule has 0 aliphatic heterocycles. The molecule has 0 aliphatic rings. The molecule has 0 fully saturated rings. The number of halogens is 2. The van der Waals surface area contributed by atoms with Crippen LogP contribution in [0, 0.1) is 15.9 Å². The van der Waals surface area contributed by atoms with Gasteiger partial charge in [0.1, 0.15) is 12.4 Å². The number of sulfonamides is 1. The van der Waals surface area contributed by atoms with E-state index in [9.17, 15) is 27.7 Å². The lowest BCUT2D eigenvalue weighted by atomic mass is 10.3. The largest absolute Gasteiger partial charge is 0.289 e. The maximum absolute atomic E-state index is 13.1. The zero-order valence-electron chi connectivity index (χ0n) is 11.9. The number of nitrogens with zero attached hydrogens (tertiary/aromatic N) is 2. The van der Waals surface area contributed by atoms with Gasteiger partial charge < -0.3 is 0 Å². The summed E-state index contributed by atoms with van der Waals surface area (Å²) in [5, 5.41) is 10.1.